The van der Waals surface area contributed by atoms with Crippen LogP contribution >= 0.6 is 0 Å². The molecule has 6 nitrogen and oxygen atoms in total. The first kappa shape index (κ1) is 15.0. The molecule has 19 heavy (non-hydrogen) atoms. The van der Waals surface area contributed by atoms with Crippen LogP contribution in [0.15, 0.2) is 6.07 Å². The summed E-state index contributed by atoms with van der Waals surface area (Å²) in [5, 5.41) is 8.78. The summed E-state index contributed by atoms with van der Waals surface area (Å²) in [6.07, 6.45) is -0.390. The first-order valence-corrected chi connectivity index (χ1v) is 5.41. The molecule has 0 spiro atoms. The minimum atomic E-state index is -1.11. The van der Waals surface area contributed by atoms with Crippen molar-refractivity contribution in [2.75, 3.05) is 21.3 Å². The van der Waals surface area contributed by atoms with E-state index in [9.17, 15) is 9.18 Å². The summed E-state index contributed by atoms with van der Waals surface area (Å²) in [7, 11) is 3.96. The van der Waals surface area contributed by atoms with Crippen molar-refractivity contribution in [3.8, 4) is 17.2 Å². The van der Waals surface area contributed by atoms with Gasteiger partial charge in [-0.1, -0.05) is 0 Å². The lowest BCUT2D eigenvalue weighted by Crippen LogP contribution is -2.18. The smallest absolute Gasteiger partial charge is 0.305 e. The van der Waals surface area contributed by atoms with Gasteiger partial charge in [-0.15, -0.1) is 0 Å². The van der Waals surface area contributed by atoms with Gasteiger partial charge in [0, 0.05) is 12.1 Å². The number of hydrogen-bond acceptors (Lipinski definition) is 5. The van der Waals surface area contributed by atoms with Gasteiger partial charge >= 0.3 is 5.97 Å². The lowest BCUT2D eigenvalue weighted by molar-refractivity contribution is -0.137. The highest BCUT2D eigenvalue weighted by atomic mass is 19.1. The minimum Gasteiger partial charge on any atom is -0.493 e. The van der Waals surface area contributed by atoms with E-state index in [1.54, 1.807) is 0 Å². The van der Waals surface area contributed by atoms with Gasteiger partial charge in [-0.2, -0.15) is 0 Å². The molecule has 0 amide bonds. The molecular formula is C12H16FNO5. The van der Waals surface area contributed by atoms with Gasteiger partial charge in [0.2, 0.25) is 0 Å². The molecule has 1 aromatic carbocycles. The van der Waals surface area contributed by atoms with Gasteiger partial charge in [0.25, 0.3) is 0 Å². The second-order valence-electron chi connectivity index (χ2n) is 3.75. The van der Waals surface area contributed by atoms with E-state index in [4.69, 9.17) is 25.1 Å². The number of ether oxygens (including phenoxy) is 3. The van der Waals surface area contributed by atoms with Gasteiger partial charge in [0.1, 0.15) is 0 Å². The lowest BCUT2D eigenvalue weighted by Gasteiger charge is -2.20. The Bertz CT molecular complexity index is 478. The van der Waals surface area contributed by atoms with E-state index in [-0.39, 0.29) is 29.2 Å². The molecule has 1 rings (SSSR count). The fourth-order valence-corrected chi connectivity index (χ4v) is 1.81. The summed E-state index contributed by atoms with van der Waals surface area (Å²) in [5.41, 5.74) is 5.91. The Hall–Kier alpha value is -2.02. The van der Waals surface area contributed by atoms with E-state index in [2.05, 4.69) is 0 Å². The maximum absolute atomic E-state index is 13.8. The van der Waals surface area contributed by atoms with E-state index in [1.165, 1.54) is 21.3 Å². The van der Waals surface area contributed by atoms with Crippen LogP contribution in [0.4, 0.5) is 4.39 Å². The van der Waals surface area contributed by atoms with Gasteiger partial charge in [-0.3, -0.25) is 4.79 Å². The van der Waals surface area contributed by atoms with E-state index in [0.29, 0.717) is 0 Å². The minimum absolute atomic E-state index is 0.122. The summed E-state index contributed by atoms with van der Waals surface area (Å²) < 4.78 is 28.9. The molecular weight excluding hydrogens is 257 g/mol. The Morgan fingerprint density at radius 1 is 1.32 bits per heavy atom. The molecule has 7 heteroatoms. The summed E-state index contributed by atoms with van der Waals surface area (Å²) >= 11 is 0. The van der Waals surface area contributed by atoms with Crippen LogP contribution in [0.25, 0.3) is 0 Å². The number of aliphatic carboxylic acids is 1. The monoisotopic (exact) mass is 273 g/mol. The first-order valence-electron chi connectivity index (χ1n) is 5.41. The van der Waals surface area contributed by atoms with Crippen molar-refractivity contribution in [2.45, 2.75) is 12.5 Å². The number of methoxy groups -OCH3 is 3. The Kier molecular flexibility index (Phi) is 4.94. The van der Waals surface area contributed by atoms with Gasteiger partial charge < -0.3 is 25.1 Å². The van der Waals surface area contributed by atoms with Crippen LogP contribution in [-0.2, 0) is 4.79 Å². The van der Waals surface area contributed by atoms with Gasteiger partial charge in [-0.05, 0) is 0 Å². The van der Waals surface area contributed by atoms with Crippen LogP contribution in [-0.4, -0.2) is 32.4 Å². The van der Waals surface area contributed by atoms with Gasteiger partial charge in [-0.25, -0.2) is 4.39 Å². The Balaban J connectivity index is 3.46. The highest BCUT2D eigenvalue weighted by molar-refractivity contribution is 5.69. The fraction of sp³-hybridized carbons (Fsp3) is 0.417. The second kappa shape index (κ2) is 6.24. The summed E-state index contributed by atoms with van der Waals surface area (Å²) in [6.45, 7) is 0. The van der Waals surface area contributed by atoms with Gasteiger partial charge in [0.05, 0.1) is 33.3 Å². The number of rotatable bonds is 6. The zero-order valence-electron chi connectivity index (χ0n) is 10.9. The Morgan fingerprint density at radius 3 is 2.32 bits per heavy atom. The average Bonchev–Trinajstić information content (AvgIpc) is 2.36. The maximum atomic E-state index is 13.8. The molecule has 1 atom stereocenters. The van der Waals surface area contributed by atoms with Crippen LogP contribution < -0.4 is 19.9 Å². The van der Waals surface area contributed by atoms with Crippen molar-refractivity contribution in [2.24, 2.45) is 5.73 Å². The SMILES string of the molecule is COc1cc(F)c(OC)c(C(N)CC(=O)O)c1OC. The number of carbonyl (C=O) groups is 1. The molecule has 1 aromatic rings. The summed E-state index contributed by atoms with van der Waals surface area (Å²) in [6, 6.07) is 0.112. The van der Waals surface area contributed by atoms with Crippen molar-refractivity contribution in [1.82, 2.24) is 0 Å². The van der Waals surface area contributed by atoms with E-state index in [0.717, 1.165) is 6.07 Å². The quantitative estimate of drug-likeness (QED) is 0.812. The van der Waals surface area contributed by atoms with Crippen molar-refractivity contribution < 1.29 is 28.5 Å². The second-order valence-corrected chi connectivity index (χ2v) is 3.75. The van der Waals surface area contributed by atoms with Crippen molar-refractivity contribution in [3.63, 3.8) is 0 Å². The molecule has 0 aromatic heterocycles. The predicted octanol–water partition coefficient (Wildman–Crippen LogP) is 1.33. The van der Waals surface area contributed by atoms with Crippen LogP contribution in [0.3, 0.4) is 0 Å². The summed E-state index contributed by atoms with van der Waals surface area (Å²) in [5.74, 6) is -1.67. The zero-order chi connectivity index (χ0) is 14.6. The van der Waals surface area contributed by atoms with Crippen LogP contribution in [0, 0.1) is 5.82 Å². The summed E-state index contributed by atoms with van der Waals surface area (Å²) in [4.78, 5) is 10.7. The molecule has 3 N–H and O–H groups in total. The average molecular weight is 273 g/mol. The van der Waals surface area contributed by atoms with Gasteiger partial charge in [0.15, 0.2) is 23.1 Å². The van der Waals surface area contributed by atoms with Crippen molar-refractivity contribution in [3.05, 3.63) is 17.4 Å². The van der Waals surface area contributed by atoms with E-state index in [1.807, 2.05) is 0 Å². The molecule has 0 aliphatic rings. The lowest BCUT2D eigenvalue weighted by atomic mass is 10.0. The molecule has 0 saturated carbocycles. The molecule has 0 aliphatic heterocycles. The molecule has 106 valence electrons. The first-order chi connectivity index (χ1) is 8.96. The number of carboxylic acids is 1. The van der Waals surface area contributed by atoms with Crippen molar-refractivity contribution >= 4 is 5.97 Å². The highest BCUT2D eigenvalue weighted by Gasteiger charge is 2.26. The number of benzene rings is 1. The van der Waals surface area contributed by atoms with Crippen LogP contribution in [0.2, 0.25) is 0 Å². The number of hydrogen-bond donors (Lipinski definition) is 2. The van der Waals surface area contributed by atoms with Crippen LogP contribution in [0.1, 0.15) is 18.0 Å². The molecule has 0 aliphatic carbocycles. The molecule has 0 bridgehead atoms. The Morgan fingerprint density at radius 2 is 1.89 bits per heavy atom. The van der Waals surface area contributed by atoms with Crippen molar-refractivity contribution in [1.29, 1.82) is 0 Å². The molecule has 0 heterocycles. The number of halogens is 1. The highest BCUT2D eigenvalue weighted by Crippen LogP contribution is 2.43. The molecule has 0 fully saturated rings. The van der Waals surface area contributed by atoms with Crippen LogP contribution in [0.5, 0.6) is 17.2 Å². The zero-order valence-corrected chi connectivity index (χ0v) is 10.9. The molecule has 1 unspecified atom stereocenters. The standard InChI is InChI=1S/C12H16FNO5/c1-17-8-4-6(13)11(18-2)10(12(8)19-3)7(14)5-9(15)16/h4,7H,5,14H2,1-3H3,(H,15,16). The predicted molar refractivity (Wildman–Crippen MR) is 65.2 cm³/mol. The number of carboxylic acid groups (broad SMARTS) is 1. The van der Waals surface area contributed by atoms with E-state index < -0.39 is 17.8 Å². The molecule has 0 saturated heterocycles. The third-order valence-corrected chi connectivity index (χ3v) is 2.58. The topological polar surface area (TPSA) is 91.0 Å². The third kappa shape index (κ3) is 3.05. The number of nitrogens with two attached hydrogens (primary N) is 1. The maximum Gasteiger partial charge on any atom is 0.305 e. The normalized spacial score (nSPS) is 11.8. The largest absolute Gasteiger partial charge is 0.493 e. The fourth-order valence-electron chi connectivity index (χ4n) is 1.81. The Labute approximate surface area is 109 Å². The molecule has 0 radical (unpaired) electrons. The van der Waals surface area contributed by atoms with E-state index >= 15 is 0 Å². The third-order valence-electron chi connectivity index (χ3n) is 2.58.